The zero-order valence-electron chi connectivity index (χ0n) is 16.6. The molecule has 0 saturated carbocycles. The molecule has 0 aliphatic carbocycles. The van der Waals surface area contributed by atoms with Crippen LogP contribution in [0.1, 0.15) is 19.4 Å². The largest absolute Gasteiger partial charge is 0.0625 e. The minimum absolute atomic E-state index is 0.590. The number of benzene rings is 4. The molecule has 0 aromatic heterocycles. The lowest BCUT2D eigenvalue weighted by molar-refractivity contribution is 0.649. The molecule has 28 heavy (non-hydrogen) atoms. The quantitative estimate of drug-likeness (QED) is 0.338. The third-order valence-electron chi connectivity index (χ3n) is 5.14. The molecular weight excluding hydrogens is 336 g/mol. The third-order valence-corrected chi connectivity index (χ3v) is 5.14. The Bertz CT molecular complexity index is 969. The van der Waals surface area contributed by atoms with E-state index in [1.807, 2.05) is 0 Å². The fraction of sp³-hybridized carbons (Fsp3) is 0.143. The van der Waals surface area contributed by atoms with Gasteiger partial charge in [0.05, 0.1) is 0 Å². The van der Waals surface area contributed by atoms with E-state index in [1.54, 1.807) is 0 Å². The summed E-state index contributed by atoms with van der Waals surface area (Å²) in [5, 5.41) is 0. The first kappa shape index (κ1) is 18.3. The minimum atomic E-state index is 0.590. The molecule has 0 fully saturated rings. The maximum atomic E-state index is 2.37. The molecule has 0 atom stereocenters. The standard InChI is InChI=1S/C28H26/c1-21(2)18-28-26(23-14-8-4-9-15-23)19-25(22-12-6-3-7-13-22)20-27(28)24-16-10-5-11-17-24/h3-17,19-21H,18H2,1-2H3. The summed E-state index contributed by atoms with van der Waals surface area (Å²) in [5.41, 5.74) is 9.22. The highest BCUT2D eigenvalue weighted by atomic mass is 14.2. The van der Waals surface area contributed by atoms with Crippen molar-refractivity contribution in [1.29, 1.82) is 0 Å². The molecule has 4 aromatic carbocycles. The van der Waals surface area contributed by atoms with Gasteiger partial charge in [0.15, 0.2) is 0 Å². The molecule has 138 valence electrons. The molecule has 0 spiro atoms. The fourth-order valence-corrected chi connectivity index (χ4v) is 3.85. The second-order valence-electron chi connectivity index (χ2n) is 7.75. The Morgan fingerprint density at radius 1 is 0.500 bits per heavy atom. The first-order chi connectivity index (χ1) is 13.7. The molecular formula is C28H26. The summed E-state index contributed by atoms with van der Waals surface area (Å²) >= 11 is 0. The van der Waals surface area contributed by atoms with Crippen molar-refractivity contribution < 1.29 is 0 Å². The van der Waals surface area contributed by atoms with Crippen molar-refractivity contribution in [2.45, 2.75) is 20.3 Å². The van der Waals surface area contributed by atoms with Gasteiger partial charge in [-0.2, -0.15) is 0 Å². The summed E-state index contributed by atoms with van der Waals surface area (Å²) in [6.07, 6.45) is 1.06. The van der Waals surface area contributed by atoms with E-state index in [0.29, 0.717) is 5.92 Å². The first-order valence-corrected chi connectivity index (χ1v) is 10.1. The van der Waals surface area contributed by atoms with Crippen LogP contribution in [0, 0.1) is 5.92 Å². The highest BCUT2D eigenvalue weighted by Gasteiger charge is 2.16. The average Bonchev–Trinajstić information content (AvgIpc) is 2.75. The molecule has 0 nitrogen and oxygen atoms in total. The van der Waals surface area contributed by atoms with Gasteiger partial charge in [-0.1, -0.05) is 105 Å². The molecule has 0 N–H and O–H groups in total. The van der Waals surface area contributed by atoms with Crippen LogP contribution < -0.4 is 0 Å². The van der Waals surface area contributed by atoms with E-state index in [2.05, 4.69) is 117 Å². The summed E-state index contributed by atoms with van der Waals surface area (Å²) in [6.45, 7) is 4.60. The van der Waals surface area contributed by atoms with Crippen molar-refractivity contribution in [3.63, 3.8) is 0 Å². The lowest BCUT2D eigenvalue weighted by atomic mass is 9.84. The van der Waals surface area contributed by atoms with Gasteiger partial charge in [0.1, 0.15) is 0 Å². The Morgan fingerprint density at radius 3 is 1.29 bits per heavy atom. The van der Waals surface area contributed by atoms with Crippen LogP contribution in [0.3, 0.4) is 0 Å². The Morgan fingerprint density at radius 2 is 0.893 bits per heavy atom. The smallest absolute Gasteiger partial charge is 0.0139 e. The summed E-state index contributed by atoms with van der Waals surface area (Å²) in [6, 6.07) is 37.0. The van der Waals surface area contributed by atoms with E-state index in [4.69, 9.17) is 0 Å². The lowest BCUT2D eigenvalue weighted by Gasteiger charge is -2.20. The summed E-state index contributed by atoms with van der Waals surface area (Å²) in [5.74, 6) is 0.590. The van der Waals surface area contributed by atoms with E-state index < -0.39 is 0 Å². The Balaban J connectivity index is 2.02. The fourth-order valence-electron chi connectivity index (χ4n) is 3.85. The van der Waals surface area contributed by atoms with Crippen molar-refractivity contribution in [3.8, 4) is 33.4 Å². The first-order valence-electron chi connectivity index (χ1n) is 10.1. The number of hydrogen-bond acceptors (Lipinski definition) is 0. The second kappa shape index (κ2) is 8.27. The molecule has 0 amide bonds. The third kappa shape index (κ3) is 3.92. The number of hydrogen-bond donors (Lipinski definition) is 0. The van der Waals surface area contributed by atoms with E-state index in [9.17, 15) is 0 Å². The van der Waals surface area contributed by atoms with Crippen molar-refractivity contribution in [2.24, 2.45) is 5.92 Å². The van der Waals surface area contributed by atoms with Crippen LogP contribution in [0.5, 0.6) is 0 Å². The molecule has 0 unspecified atom stereocenters. The molecule has 4 rings (SSSR count). The van der Waals surface area contributed by atoms with Crippen LogP contribution in [-0.2, 0) is 6.42 Å². The van der Waals surface area contributed by atoms with Crippen LogP contribution in [0.4, 0.5) is 0 Å². The Kier molecular flexibility index (Phi) is 5.39. The Hall–Kier alpha value is -3.12. The van der Waals surface area contributed by atoms with Crippen molar-refractivity contribution in [2.75, 3.05) is 0 Å². The van der Waals surface area contributed by atoms with Gasteiger partial charge in [-0.15, -0.1) is 0 Å². The predicted molar refractivity (Wildman–Crippen MR) is 121 cm³/mol. The zero-order valence-corrected chi connectivity index (χ0v) is 16.6. The summed E-state index contributed by atoms with van der Waals surface area (Å²) in [4.78, 5) is 0. The second-order valence-corrected chi connectivity index (χ2v) is 7.75. The maximum absolute atomic E-state index is 2.37. The van der Waals surface area contributed by atoms with Gasteiger partial charge in [0.25, 0.3) is 0 Å². The van der Waals surface area contributed by atoms with Gasteiger partial charge < -0.3 is 0 Å². The van der Waals surface area contributed by atoms with E-state index in [1.165, 1.54) is 38.9 Å². The topological polar surface area (TPSA) is 0 Å². The predicted octanol–water partition coefficient (Wildman–Crippen LogP) is 7.89. The van der Waals surface area contributed by atoms with E-state index in [-0.39, 0.29) is 0 Å². The van der Waals surface area contributed by atoms with Crippen LogP contribution in [-0.4, -0.2) is 0 Å². The molecule has 0 saturated heterocycles. The zero-order chi connectivity index (χ0) is 19.3. The van der Waals surface area contributed by atoms with Crippen LogP contribution in [0.2, 0.25) is 0 Å². The molecule has 0 aliphatic rings. The van der Waals surface area contributed by atoms with Crippen LogP contribution >= 0.6 is 0 Å². The average molecular weight is 363 g/mol. The van der Waals surface area contributed by atoms with Gasteiger partial charge in [0.2, 0.25) is 0 Å². The monoisotopic (exact) mass is 362 g/mol. The molecule has 4 aromatic rings. The molecule has 0 bridgehead atoms. The van der Waals surface area contributed by atoms with Crippen molar-refractivity contribution in [3.05, 3.63) is 109 Å². The summed E-state index contributed by atoms with van der Waals surface area (Å²) in [7, 11) is 0. The minimum Gasteiger partial charge on any atom is -0.0625 e. The SMILES string of the molecule is CC(C)Cc1c(-c2ccccc2)cc(-c2ccccc2)cc1-c1ccccc1. The lowest BCUT2D eigenvalue weighted by Crippen LogP contribution is -2.01. The normalized spacial score (nSPS) is 11.0. The van der Waals surface area contributed by atoms with Gasteiger partial charge in [-0.05, 0) is 63.4 Å². The van der Waals surface area contributed by atoms with Gasteiger partial charge >= 0.3 is 0 Å². The van der Waals surface area contributed by atoms with Crippen molar-refractivity contribution in [1.82, 2.24) is 0 Å². The Labute approximate surface area is 168 Å². The highest BCUT2D eigenvalue weighted by Crippen LogP contribution is 2.38. The maximum Gasteiger partial charge on any atom is -0.0139 e. The van der Waals surface area contributed by atoms with Crippen LogP contribution in [0.15, 0.2) is 103 Å². The molecule has 0 radical (unpaired) electrons. The van der Waals surface area contributed by atoms with Gasteiger partial charge in [0, 0.05) is 0 Å². The molecule has 0 heteroatoms. The summed E-state index contributed by atoms with van der Waals surface area (Å²) < 4.78 is 0. The van der Waals surface area contributed by atoms with Crippen LogP contribution in [0.25, 0.3) is 33.4 Å². The number of rotatable bonds is 5. The van der Waals surface area contributed by atoms with Gasteiger partial charge in [-0.25, -0.2) is 0 Å². The molecule has 0 heterocycles. The van der Waals surface area contributed by atoms with Crippen molar-refractivity contribution >= 4 is 0 Å². The van der Waals surface area contributed by atoms with E-state index >= 15 is 0 Å². The van der Waals surface area contributed by atoms with Gasteiger partial charge in [-0.3, -0.25) is 0 Å². The molecule has 0 aliphatic heterocycles. The highest BCUT2D eigenvalue weighted by molar-refractivity contribution is 5.85. The van der Waals surface area contributed by atoms with E-state index in [0.717, 1.165) is 6.42 Å².